The van der Waals surface area contributed by atoms with E-state index in [1.807, 2.05) is 4.90 Å². The Morgan fingerprint density at radius 2 is 1.71 bits per heavy atom. The van der Waals surface area contributed by atoms with Gasteiger partial charge in [0.1, 0.15) is 5.82 Å². The van der Waals surface area contributed by atoms with Crippen molar-refractivity contribution in [2.24, 2.45) is 17.8 Å². The van der Waals surface area contributed by atoms with Gasteiger partial charge in [0.25, 0.3) is 0 Å². The summed E-state index contributed by atoms with van der Waals surface area (Å²) < 4.78 is 97.8. The van der Waals surface area contributed by atoms with Crippen LogP contribution in [-0.4, -0.2) is 69.8 Å². The van der Waals surface area contributed by atoms with Crippen molar-refractivity contribution in [1.82, 2.24) is 19.6 Å². The van der Waals surface area contributed by atoms with Crippen molar-refractivity contribution >= 4 is 29.4 Å². The molecule has 0 N–H and O–H groups in total. The SMILES string of the molecule is O=C(OC(=O)C(F)(F)F)C1CC2CN(CC(=O)N3CCc4c(C(F)(F)F)nn(Cc5ccc(Cl)cc5F)c4C3)CC2C1. The lowest BCUT2D eigenvalue weighted by Crippen LogP contribution is -2.43. The number of likely N-dealkylation sites (tertiary alicyclic amines) is 1. The first-order valence-corrected chi connectivity index (χ1v) is 13.4. The van der Waals surface area contributed by atoms with Gasteiger partial charge in [-0.15, -0.1) is 0 Å². The van der Waals surface area contributed by atoms with Crippen LogP contribution in [0.3, 0.4) is 0 Å². The molecule has 0 spiro atoms. The molecule has 8 nitrogen and oxygen atoms in total. The topological polar surface area (TPSA) is 84.7 Å². The van der Waals surface area contributed by atoms with Gasteiger partial charge in [-0.2, -0.15) is 31.4 Å². The van der Waals surface area contributed by atoms with E-state index in [4.69, 9.17) is 11.6 Å². The monoisotopic (exact) mass is 624 g/mol. The average Bonchev–Trinajstić information content (AvgIpc) is 3.56. The molecule has 3 aliphatic rings. The zero-order chi connectivity index (χ0) is 30.6. The lowest BCUT2D eigenvalue weighted by Gasteiger charge is -2.30. The Morgan fingerprint density at radius 1 is 1.05 bits per heavy atom. The highest BCUT2D eigenvalue weighted by Gasteiger charge is 2.48. The molecule has 0 bridgehead atoms. The minimum absolute atomic E-state index is 0.0256. The summed E-state index contributed by atoms with van der Waals surface area (Å²) in [7, 11) is 0. The van der Waals surface area contributed by atoms with E-state index in [1.165, 1.54) is 17.0 Å². The van der Waals surface area contributed by atoms with E-state index in [-0.39, 0.29) is 85.0 Å². The number of ether oxygens (including phenoxy) is 1. The fourth-order valence-electron chi connectivity index (χ4n) is 6.11. The van der Waals surface area contributed by atoms with Crippen molar-refractivity contribution in [3.8, 4) is 0 Å². The molecule has 2 atom stereocenters. The maximum atomic E-state index is 14.4. The van der Waals surface area contributed by atoms with Gasteiger partial charge in [-0.3, -0.25) is 19.2 Å². The van der Waals surface area contributed by atoms with Gasteiger partial charge in [0, 0.05) is 35.8 Å². The Labute approximate surface area is 239 Å². The van der Waals surface area contributed by atoms with Gasteiger partial charge < -0.3 is 9.64 Å². The van der Waals surface area contributed by atoms with E-state index in [2.05, 4.69) is 9.84 Å². The number of fused-ring (bicyclic) bond motifs is 2. The number of hydrogen-bond acceptors (Lipinski definition) is 6. The molecule has 1 amide bonds. The van der Waals surface area contributed by atoms with Crippen LogP contribution >= 0.6 is 11.6 Å². The predicted molar refractivity (Wildman–Crippen MR) is 130 cm³/mol. The van der Waals surface area contributed by atoms with Gasteiger partial charge in [-0.25, -0.2) is 9.18 Å². The molecule has 2 unspecified atom stereocenters. The third-order valence-corrected chi connectivity index (χ3v) is 8.27. The molecule has 1 aromatic carbocycles. The zero-order valence-corrected chi connectivity index (χ0v) is 22.5. The summed E-state index contributed by atoms with van der Waals surface area (Å²) in [5.74, 6) is -5.84. The molecule has 1 saturated heterocycles. The molecule has 16 heteroatoms. The molecule has 1 saturated carbocycles. The maximum absolute atomic E-state index is 14.4. The molecule has 2 aliphatic heterocycles. The molecule has 2 fully saturated rings. The highest BCUT2D eigenvalue weighted by molar-refractivity contribution is 6.30. The van der Waals surface area contributed by atoms with E-state index in [0.29, 0.717) is 13.1 Å². The van der Waals surface area contributed by atoms with Gasteiger partial charge in [0.2, 0.25) is 5.91 Å². The summed E-state index contributed by atoms with van der Waals surface area (Å²) in [5, 5.41) is 3.86. The lowest BCUT2D eigenvalue weighted by atomic mass is 10.0. The second-order valence-electron chi connectivity index (χ2n) is 10.8. The molecule has 0 radical (unpaired) electrons. The summed E-state index contributed by atoms with van der Waals surface area (Å²) in [5.41, 5.74) is -0.880. The molecular formula is C26H24ClF7N4O4. The highest BCUT2D eigenvalue weighted by atomic mass is 35.5. The molecule has 1 aliphatic carbocycles. The lowest BCUT2D eigenvalue weighted by molar-refractivity contribution is -0.203. The molecule has 3 heterocycles. The standard InChI is InChI=1S/C26H24ClF7N4O4/c27-17-2-1-13(19(28)7-17)10-38-20-11-37(4-3-18(20)22(35-38)25(29,30)31)21(39)12-36-8-15-5-14(6-16(15)9-36)23(40)42-24(41)26(32,33)34/h1-2,7,14-16H,3-6,8-12H2. The number of esters is 2. The quantitative estimate of drug-likeness (QED) is 0.282. The van der Waals surface area contributed by atoms with E-state index in [9.17, 15) is 45.1 Å². The summed E-state index contributed by atoms with van der Waals surface area (Å²) in [6, 6.07) is 3.81. The smallest absolute Gasteiger partial charge is 0.386 e. The minimum atomic E-state index is -5.27. The van der Waals surface area contributed by atoms with E-state index < -0.39 is 41.7 Å². The summed E-state index contributed by atoms with van der Waals surface area (Å²) in [6.07, 6.45) is -9.67. The molecule has 2 aromatic rings. The number of aromatic nitrogens is 2. The first-order chi connectivity index (χ1) is 19.6. The Bertz CT molecular complexity index is 1400. The minimum Gasteiger partial charge on any atom is -0.386 e. The first kappa shape index (κ1) is 30.3. The largest absolute Gasteiger partial charge is 0.491 e. The fraction of sp³-hybridized carbons (Fsp3) is 0.538. The van der Waals surface area contributed by atoms with Crippen LogP contribution in [0.25, 0.3) is 0 Å². The number of carbonyl (C=O) groups is 3. The maximum Gasteiger partial charge on any atom is 0.491 e. The third-order valence-electron chi connectivity index (χ3n) is 8.04. The van der Waals surface area contributed by atoms with Crippen molar-refractivity contribution in [2.45, 2.75) is 44.7 Å². The number of rotatable bonds is 5. The average molecular weight is 625 g/mol. The van der Waals surface area contributed by atoms with E-state index in [0.717, 1.165) is 10.7 Å². The van der Waals surface area contributed by atoms with Gasteiger partial charge in [-0.1, -0.05) is 17.7 Å². The molecule has 228 valence electrons. The number of benzene rings is 1. The number of amides is 1. The number of halogens is 8. The van der Waals surface area contributed by atoms with E-state index in [1.54, 1.807) is 0 Å². The van der Waals surface area contributed by atoms with Gasteiger partial charge in [0.05, 0.1) is 31.2 Å². The summed E-state index contributed by atoms with van der Waals surface area (Å²) >= 11 is 5.78. The van der Waals surface area contributed by atoms with Crippen molar-refractivity contribution in [3.63, 3.8) is 0 Å². The molecular weight excluding hydrogens is 601 g/mol. The van der Waals surface area contributed by atoms with Crippen molar-refractivity contribution in [2.75, 3.05) is 26.2 Å². The predicted octanol–water partition coefficient (Wildman–Crippen LogP) is 4.22. The molecule has 42 heavy (non-hydrogen) atoms. The molecule has 5 rings (SSSR count). The number of hydrogen-bond donors (Lipinski definition) is 0. The van der Waals surface area contributed by atoms with Crippen molar-refractivity contribution < 1.29 is 49.9 Å². The van der Waals surface area contributed by atoms with Crippen LogP contribution in [0.5, 0.6) is 0 Å². The van der Waals surface area contributed by atoms with Crippen molar-refractivity contribution in [1.29, 1.82) is 0 Å². The zero-order valence-electron chi connectivity index (χ0n) is 21.8. The Kier molecular flexibility index (Phi) is 8.02. The number of nitrogens with zero attached hydrogens (tertiary/aromatic N) is 4. The van der Waals surface area contributed by atoms with E-state index >= 15 is 0 Å². The van der Waals surface area contributed by atoms with Crippen LogP contribution in [0.1, 0.15) is 35.4 Å². The Balaban J connectivity index is 1.22. The van der Waals surface area contributed by atoms with Crippen LogP contribution in [0.2, 0.25) is 5.02 Å². The summed E-state index contributed by atoms with van der Waals surface area (Å²) in [4.78, 5) is 39.4. The van der Waals surface area contributed by atoms with Crippen LogP contribution in [0, 0.1) is 23.6 Å². The molecule has 1 aromatic heterocycles. The second kappa shape index (κ2) is 11.1. The van der Waals surface area contributed by atoms with Crippen LogP contribution in [0.4, 0.5) is 30.7 Å². The normalized spacial score (nSPS) is 22.7. The van der Waals surface area contributed by atoms with Crippen LogP contribution < -0.4 is 0 Å². The second-order valence-corrected chi connectivity index (χ2v) is 11.3. The third kappa shape index (κ3) is 6.26. The fourth-order valence-corrected chi connectivity index (χ4v) is 6.26. The van der Waals surface area contributed by atoms with Gasteiger partial charge in [0.15, 0.2) is 5.69 Å². The van der Waals surface area contributed by atoms with Gasteiger partial charge in [-0.05, 0) is 43.2 Å². The van der Waals surface area contributed by atoms with Crippen LogP contribution in [-0.2, 0) is 44.8 Å². The van der Waals surface area contributed by atoms with Crippen molar-refractivity contribution in [3.05, 3.63) is 51.6 Å². The van der Waals surface area contributed by atoms with Gasteiger partial charge >= 0.3 is 24.3 Å². The Morgan fingerprint density at radius 3 is 2.31 bits per heavy atom. The van der Waals surface area contributed by atoms with Crippen LogP contribution in [0.15, 0.2) is 18.2 Å². The number of carbonyl (C=O) groups excluding carboxylic acids is 3. The first-order valence-electron chi connectivity index (χ1n) is 13.0. The number of alkyl halides is 6. The highest BCUT2D eigenvalue weighted by Crippen LogP contribution is 2.42. The Hall–Kier alpha value is -3.20. The summed E-state index contributed by atoms with van der Waals surface area (Å²) in [6.45, 7) is 0.302.